The molecule has 0 aromatic heterocycles. The van der Waals surface area contributed by atoms with Crippen LogP contribution < -0.4 is 5.32 Å². The van der Waals surface area contributed by atoms with Crippen molar-refractivity contribution in [2.24, 2.45) is 0 Å². The van der Waals surface area contributed by atoms with Crippen LogP contribution in [0.3, 0.4) is 0 Å². The van der Waals surface area contributed by atoms with Gasteiger partial charge in [-0.2, -0.15) is 0 Å². The first-order valence-corrected chi connectivity index (χ1v) is 6.08. The van der Waals surface area contributed by atoms with E-state index < -0.39 is 0 Å². The monoisotopic (exact) mass is 217 g/mol. The van der Waals surface area contributed by atoms with Gasteiger partial charge < -0.3 is 5.32 Å². The minimum atomic E-state index is 0.987. The lowest BCUT2D eigenvalue weighted by Gasteiger charge is -2.05. The third-order valence-corrected chi connectivity index (χ3v) is 2.49. The zero-order valence-corrected chi connectivity index (χ0v) is 10.9. The van der Waals surface area contributed by atoms with Crippen LogP contribution in [0, 0.1) is 13.8 Å². The second-order valence-corrected chi connectivity index (χ2v) is 4.59. The molecule has 0 aliphatic heterocycles. The van der Waals surface area contributed by atoms with E-state index in [1.807, 2.05) is 0 Å². The Bertz CT molecular complexity index is 343. The van der Waals surface area contributed by atoms with Crippen LogP contribution in [0.25, 0.3) is 6.08 Å². The molecule has 0 atom stereocenters. The van der Waals surface area contributed by atoms with Crippen molar-refractivity contribution in [3.63, 3.8) is 0 Å². The SMILES string of the molecule is CCCNCC(C)=Cc1cc(C)cc(C)c1. The Labute approximate surface area is 99.6 Å². The fourth-order valence-electron chi connectivity index (χ4n) is 1.89. The van der Waals surface area contributed by atoms with Crippen LogP contribution in [0.2, 0.25) is 0 Å². The lowest BCUT2D eigenvalue weighted by molar-refractivity contribution is 0.715. The highest BCUT2D eigenvalue weighted by Crippen LogP contribution is 2.12. The van der Waals surface area contributed by atoms with Gasteiger partial charge in [0.1, 0.15) is 0 Å². The smallest absolute Gasteiger partial charge is 0.0165 e. The molecule has 0 aliphatic carbocycles. The summed E-state index contributed by atoms with van der Waals surface area (Å²) in [4.78, 5) is 0. The summed E-state index contributed by atoms with van der Waals surface area (Å²) in [6.07, 6.45) is 3.46. The van der Waals surface area contributed by atoms with Gasteiger partial charge >= 0.3 is 0 Å². The van der Waals surface area contributed by atoms with Crippen molar-refractivity contribution in [3.8, 4) is 0 Å². The van der Waals surface area contributed by atoms with Gasteiger partial charge in [-0.25, -0.2) is 0 Å². The van der Waals surface area contributed by atoms with E-state index in [2.05, 4.69) is 57.3 Å². The van der Waals surface area contributed by atoms with Crippen LogP contribution in [0.1, 0.15) is 37.0 Å². The molecule has 0 unspecified atom stereocenters. The standard InChI is InChI=1S/C15H23N/c1-5-6-16-11-14(4)10-15-8-12(2)7-13(3)9-15/h7-10,16H,5-6,11H2,1-4H3. The molecule has 0 saturated heterocycles. The number of hydrogen-bond donors (Lipinski definition) is 1. The Morgan fingerprint density at radius 1 is 1.19 bits per heavy atom. The van der Waals surface area contributed by atoms with Crippen molar-refractivity contribution in [1.29, 1.82) is 0 Å². The van der Waals surface area contributed by atoms with Crippen LogP contribution in [0.5, 0.6) is 0 Å². The molecule has 0 fully saturated rings. The third-order valence-electron chi connectivity index (χ3n) is 2.49. The summed E-state index contributed by atoms with van der Waals surface area (Å²) < 4.78 is 0. The van der Waals surface area contributed by atoms with Gasteiger partial charge in [0.2, 0.25) is 0 Å². The molecule has 0 amide bonds. The maximum absolute atomic E-state index is 3.42. The Hall–Kier alpha value is -1.08. The number of aryl methyl sites for hydroxylation is 2. The van der Waals surface area contributed by atoms with Gasteiger partial charge in [-0.15, -0.1) is 0 Å². The first-order valence-electron chi connectivity index (χ1n) is 6.08. The van der Waals surface area contributed by atoms with Gasteiger partial charge in [-0.3, -0.25) is 0 Å². The summed E-state index contributed by atoms with van der Waals surface area (Å²) in [5.41, 5.74) is 5.37. The molecule has 0 bridgehead atoms. The summed E-state index contributed by atoms with van der Waals surface area (Å²) in [6, 6.07) is 6.68. The predicted octanol–water partition coefficient (Wildman–Crippen LogP) is 3.71. The Kier molecular flexibility index (Phi) is 5.27. The van der Waals surface area contributed by atoms with Gasteiger partial charge in [-0.1, -0.05) is 47.9 Å². The summed E-state index contributed by atoms with van der Waals surface area (Å²) in [5, 5.41) is 3.42. The van der Waals surface area contributed by atoms with Gasteiger partial charge in [-0.05, 0) is 39.3 Å². The molecule has 1 rings (SSSR count). The molecule has 0 heterocycles. The topological polar surface area (TPSA) is 12.0 Å². The average molecular weight is 217 g/mol. The Morgan fingerprint density at radius 2 is 1.81 bits per heavy atom. The highest BCUT2D eigenvalue weighted by Gasteiger charge is 1.94. The van der Waals surface area contributed by atoms with E-state index in [-0.39, 0.29) is 0 Å². The fourth-order valence-corrected chi connectivity index (χ4v) is 1.89. The van der Waals surface area contributed by atoms with E-state index in [1.165, 1.54) is 28.7 Å². The number of nitrogens with one attached hydrogen (secondary N) is 1. The van der Waals surface area contributed by atoms with Gasteiger partial charge in [0.05, 0.1) is 0 Å². The molecule has 1 aromatic rings. The first-order chi connectivity index (χ1) is 7.61. The maximum Gasteiger partial charge on any atom is 0.0165 e. The fraction of sp³-hybridized carbons (Fsp3) is 0.467. The molecule has 1 N–H and O–H groups in total. The highest BCUT2D eigenvalue weighted by atomic mass is 14.8. The van der Waals surface area contributed by atoms with Crippen LogP contribution in [0.4, 0.5) is 0 Å². The predicted molar refractivity (Wildman–Crippen MR) is 72.7 cm³/mol. The van der Waals surface area contributed by atoms with E-state index in [1.54, 1.807) is 0 Å². The van der Waals surface area contributed by atoms with Gasteiger partial charge in [0.15, 0.2) is 0 Å². The quantitative estimate of drug-likeness (QED) is 0.741. The summed E-state index contributed by atoms with van der Waals surface area (Å²) in [6.45, 7) is 10.7. The van der Waals surface area contributed by atoms with Crippen LogP contribution in [-0.2, 0) is 0 Å². The van der Waals surface area contributed by atoms with Gasteiger partial charge in [0, 0.05) is 6.54 Å². The minimum absolute atomic E-state index is 0.987. The number of hydrogen-bond acceptors (Lipinski definition) is 1. The van der Waals surface area contributed by atoms with Crippen LogP contribution in [0.15, 0.2) is 23.8 Å². The van der Waals surface area contributed by atoms with E-state index >= 15 is 0 Å². The van der Waals surface area contributed by atoms with Crippen molar-refractivity contribution in [2.75, 3.05) is 13.1 Å². The molecule has 1 nitrogen and oxygen atoms in total. The summed E-state index contributed by atoms with van der Waals surface area (Å²) in [7, 11) is 0. The van der Waals surface area contributed by atoms with Crippen molar-refractivity contribution in [1.82, 2.24) is 5.32 Å². The van der Waals surface area contributed by atoms with Crippen molar-refractivity contribution in [2.45, 2.75) is 34.1 Å². The average Bonchev–Trinajstić information content (AvgIpc) is 2.16. The summed E-state index contributed by atoms with van der Waals surface area (Å²) in [5.74, 6) is 0. The van der Waals surface area contributed by atoms with E-state index in [9.17, 15) is 0 Å². The van der Waals surface area contributed by atoms with Crippen LogP contribution >= 0.6 is 0 Å². The zero-order chi connectivity index (χ0) is 12.0. The minimum Gasteiger partial charge on any atom is -0.313 e. The first kappa shape index (κ1) is 13.0. The zero-order valence-electron chi connectivity index (χ0n) is 10.9. The Morgan fingerprint density at radius 3 is 2.38 bits per heavy atom. The molecule has 0 radical (unpaired) electrons. The second-order valence-electron chi connectivity index (χ2n) is 4.59. The highest BCUT2D eigenvalue weighted by molar-refractivity contribution is 5.54. The lowest BCUT2D eigenvalue weighted by atomic mass is 10.1. The van der Waals surface area contributed by atoms with E-state index in [0.29, 0.717) is 0 Å². The molecular formula is C15H23N. The maximum atomic E-state index is 3.42. The largest absolute Gasteiger partial charge is 0.313 e. The molecule has 16 heavy (non-hydrogen) atoms. The van der Waals surface area contributed by atoms with Crippen molar-refractivity contribution < 1.29 is 0 Å². The number of rotatable bonds is 5. The molecular weight excluding hydrogens is 194 g/mol. The molecule has 0 spiro atoms. The van der Waals surface area contributed by atoms with E-state index in [0.717, 1.165) is 13.1 Å². The molecule has 1 heteroatoms. The van der Waals surface area contributed by atoms with Crippen molar-refractivity contribution >= 4 is 6.08 Å². The van der Waals surface area contributed by atoms with Crippen LogP contribution in [-0.4, -0.2) is 13.1 Å². The normalized spacial score (nSPS) is 11.9. The molecule has 1 aromatic carbocycles. The van der Waals surface area contributed by atoms with Gasteiger partial charge in [0.25, 0.3) is 0 Å². The molecule has 0 aliphatic rings. The lowest BCUT2D eigenvalue weighted by Crippen LogP contribution is -2.16. The van der Waals surface area contributed by atoms with Crippen molar-refractivity contribution in [3.05, 3.63) is 40.5 Å². The third kappa shape index (κ3) is 4.63. The second kappa shape index (κ2) is 6.49. The molecule has 0 saturated carbocycles. The Balaban J connectivity index is 2.66. The van der Waals surface area contributed by atoms with E-state index in [4.69, 9.17) is 0 Å². The summed E-state index contributed by atoms with van der Waals surface area (Å²) >= 11 is 0. The number of benzene rings is 1. The molecule has 88 valence electrons.